The topological polar surface area (TPSA) is 65.1 Å². The fourth-order valence-corrected chi connectivity index (χ4v) is 4.23. The van der Waals surface area contributed by atoms with Gasteiger partial charge in [0.05, 0.1) is 0 Å². The number of rotatable bonds is 10. The van der Waals surface area contributed by atoms with Crippen molar-refractivity contribution >= 4 is 29.0 Å². The van der Waals surface area contributed by atoms with Crippen LogP contribution in [-0.4, -0.2) is 11.9 Å². The van der Waals surface area contributed by atoms with Gasteiger partial charge in [0.25, 0.3) is 0 Å². The van der Waals surface area contributed by atoms with Crippen LogP contribution in [0.25, 0.3) is 11.1 Å². The monoisotopic (exact) mass is 553 g/mol. The molecule has 5 rings (SSSR count). The third kappa shape index (κ3) is 6.81. The molecule has 0 bridgehead atoms. The summed E-state index contributed by atoms with van der Waals surface area (Å²) < 4.78 is 16.4. The summed E-state index contributed by atoms with van der Waals surface area (Å²) in [4.78, 5) is 25.2. The molecule has 42 heavy (non-hydrogen) atoms. The largest absolute Gasteiger partial charge is 0.457 e. The maximum absolute atomic E-state index is 11.6. The van der Waals surface area contributed by atoms with Gasteiger partial charge >= 0.3 is 11.9 Å². The Labute approximate surface area is 244 Å². The van der Waals surface area contributed by atoms with Crippen LogP contribution in [0.5, 0.6) is 23.0 Å². The van der Waals surface area contributed by atoms with Crippen molar-refractivity contribution in [1.29, 1.82) is 0 Å². The number of hydrogen-bond acceptors (Lipinski definition) is 6. The molecule has 0 heterocycles. The SMILES string of the molecule is C=CC(=O)Oc1ccc(-c2ccc(N(c3ccc(OC(=O)C=C)cc3)c3ccc(Oc4ccccc4)cc3)cc2)cc1. The molecular formula is C36H27NO5. The zero-order valence-corrected chi connectivity index (χ0v) is 22.7. The normalized spacial score (nSPS) is 10.3. The Morgan fingerprint density at radius 2 is 0.833 bits per heavy atom. The van der Waals surface area contributed by atoms with E-state index in [4.69, 9.17) is 14.2 Å². The van der Waals surface area contributed by atoms with E-state index in [-0.39, 0.29) is 0 Å². The van der Waals surface area contributed by atoms with E-state index in [0.29, 0.717) is 17.2 Å². The van der Waals surface area contributed by atoms with Gasteiger partial charge in [-0.05, 0) is 96.1 Å². The highest BCUT2D eigenvalue weighted by Gasteiger charge is 2.14. The van der Waals surface area contributed by atoms with Crippen LogP contribution in [0.15, 0.2) is 153 Å². The second-order valence-electron chi connectivity index (χ2n) is 9.06. The highest BCUT2D eigenvalue weighted by Crippen LogP contribution is 2.37. The van der Waals surface area contributed by atoms with Crippen LogP contribution in [0.3, 0.4) is 0 Å². The third-order valence-electron chi connectivity index (χ3n) is 6.25. The average Bonchev–Trinajstić information content (AvgIpc) is 3.04. The van der Waals surface area contributed by atoms with E-state index in [1.54, 1.807) is 24.3 Å². The lowest BCUT2D eigenvalue weighted by Crippen LogP contribution is -2.10. The molecule has 0 aromatic heterocycles. The molecule has 6 nitrogen and oxygen atoms in total. The second kappa shape index (κ2) is 13.0. The molecule has 0 aliphatic carbocycles. The van der Waals surface area contributed by atoms with Crippen LogP contribution < -0.4 is 19.1 Å². The molecule has 5 aromatic rings. The lowest BCUT2D eigenvalue weighted by Gasteiger charge is -2.26. The van der Waals surface area contributed by atoms with Gasteiger partial charge in [0, 0.05) is 29.2 Å². The fraction of sp³-hybridized carbons (Fsp3) is 0. The summed E-state index contributed by atoms with van der Waals surface area (Å²) in [6, 6.07) is 40.1. The lowest BCUT2D eigenvalue weighted by atomic mass is 10.0. The van der Waals surface area contributed by atoms with E-state index in [0.717, 1.165) is 46.1 Å². The predicted molar refractivity (Wildman–Crippen MR) is 165 cm³/mol. The second-order valence-corrected chi connectivity index (χ2v) is 9.06. The zero-order valence-electron chi connectivity index (χ0n) is 22.7. The van der Waals surface area contributed by atoms with E-state index in [2.05, 4.69) is 18.1 Å². The summed E-state index contributed by atoms with van der Waals surface area (Å²) in [6.07, 6.45) is 2.26. The van der Waals surface area contributed by atoms with Gasteiger partial charge < -0.3 is 19.1 Å². The number of ether oxygens (including phenoxy) is 3. The highest BCUT2D eigenvalue weighted by molar-refractivity contribution is 5.84. The van der Waals surface area contributed by atoms with Gasteiger partial charge in [0.15, 0.2) is 0 Å². The standard InChI is InChI=1S/C36H27NO5/c1-3-35(38)41-33-20-12-27(13-21-33)26-10-14-28(15-11-26)37(30-18-24-34(25-19-30)42-36(39)4-2)29-16-22-32(23-17-29)40-31-8-6-5-7-9-31/h3-25H,1-2H2. The molecule has 5 aromatic carbocycles. The molecule has 0 radical (unpaired) electrons. The van der Waals surface area contributed by atoms with Gasteiger partial charge in [-0.1, -0.05) is 55.6 Å². The van der Waals surface area contributed by atoms with E-state index in [1.807, 2.05) is 103 Å². The Morgan fingerprint density at radius 1 is 0.476 bits per heavy atom. The zero-order chi connectivity index (χ0) is 29.3. The molecule has 0 spiro atoms. The summed E-state index contributed by atoms with van der Waals surface area (Å²) in [5.41, 5.74) is 4.67. The summed E-state index contributed by atoms with van der Waals surface area (Å²) in [7, 11) is 0. The molecule has 206 valence electrons. The predicted octanol–water partition coefficient (Wildman–Crippen LogP) is 8.80. The van der Waals surface area contributed by atoms with Crippen LogP contribution in [0, 0.1) is 0 Å². The first kappa shape index (κ1) is 27.7. The number of para-hydroxylation sites is 1. The number of anilines is 3. The van der Waals surface area contributed by atoms with E-state index < -0.39 is 11.9 Å². The molecule has 0 aliphatic heterocycles. The number of hydrogen-bond donors (Lipinski definition) is 0. The number of benzene rings is 5. The smallest absolute Gasteiger partial charge is 0.335 e. The first-order valence-electron chi connectivity index (χ1n) is 13.1. The van der Waals surface area contributed by atoms with Crippen LogP contribution in [0.1, 0.15) is 0 Å². The van der Waals surface area contributed by atoms with Crippen molar-refractivity contribution in [2.45, 2.75) is 0 Å². The minimum absolute atomic E-state index is 0.424. The molecule has 0 saturated heterocycles. The average molecular weight is 554 g/mol. The quantitative estimate of drug-likeness (QED) is 0.0978. The molecule has 0 unspecified atom stereocenters. The van der Waals surface area contributed by atoms with Crippen molar-refractivity contribution in [2.24, 2.45) is 0 Å². The van der Waals surface area contributed by atoms with E-state index in [1.165, 1.54) is 0 Å². The maximum Gasteiger partial charge on any atom is 0.335 e. The number of carbonyl (C=O) groups is 2. The summed E-state index contributed by atoms with van der Waals surface area (Å²) >= 11 is 0. The minimum atomic E-state index is -0.518. The summed E-state index contributed by atoms with van der Waals surface area (Å²) in [5, 5.41) is 0. The highest BCUT2D eigenvalue weighted by atomic mass is 16.5. The molecular weight excluding hydrogens is 526 g/mol. The van der Waals surface area contributed by atoms with Gasteiger partial charge in [-0.2, -0.15) is 0 Å². The molecule has 0 aliphatic rings. The minimum Gasteiger partial charge on any atom is -0.457 e. The molecule has 0 saturated carbocycles. The Kier molecular flexibility index (Phi) is 8.56. The van der Waals surface area contributed by atoms with Crippen molar-refractivity contribution in [3.05, 3.63) is 153 Å². The van der Waals surface area contributed by atoms with Crippen molar-refractivity contribution in [3.8, 4) is 34.1 Å². The van der Waals surface area contributed by atoms with Gasteiger partial charge in [-0.15, -0.1) is 0 Å². The molecule has 0 atom stereocenters. The van der Waals surface area contributed by atoms with E-state index >= 15 is 0 Å². The third-order valence-corrected chi connectivity index (χ3v) is 6.25. The first-order chi connectivity index (χ1) is 20.5. The van der Waals surface area contributed by atoms with E-state index in [9.17, 15) is 9.59 Å². The molecule has 0 amide bonds. The van der Waals surface area contributed by atoms with Crippen LogP contribution in [0.4, 0.5) is 17.1 Å². The number of carbonyl (C=O) groups excluding carboxylic acids is 2. The Bertz CT molecular complexity index is 1680. The van der Waals surface area contributed by atoms with Crippen molar-refractivity contribution in [3.63, 3.8) is 0 Å². The maximum atomic E-state index is 11.6. The summed E-state index contributed by atoms with van der Waals surface area (Å²) in [6.45, 7) is 6.87. The Morgan fingerprint density at radius 3 is 1.29 bits per heavy atom. The van der Waals surface area contributed by atoms with Crippen molar-refractivity contribution in [2.75, 3.05) is 4.90 Å². The van der Waals surface area contributed by atoms with Gasteiger partial charge in [0.1, 0.15) is 23.0 Å². The molecule has 0 fully saturated rings. The Hall–Kier alpha value is -5.88. The number of nitrogens with zero attached hydrogens (tertiary/aromatic N) is 1. The molecule has 0 N–H and O–H groups in total. The van der Waals surface area contributed by atoms with Crippen molar-refractivity contribution in [1.82, 2.24) is 0 Å². The van der Waals surface area contributed by atoms with Gasteiger partial charge in [-0.25, -0.2) is 9.59 Å². The molecule has 6 heteroatoms. The van der Waals surface area contributed by atoms with Crippen LogP contribution in [-0.2, 0) is 9.59 Å². The van der Waals surface area contributed by atoms with Crippen LogP contribution >= 0.6 is 0 Å². The van der Waals surface area contributed by atoms with Gasteiger partial charge in [0.2, 0.25) is 0 Å². The number of esters is 2. The van der Waals surface area contributed by atoms with Gasteiger partial charge in [-0.3, -0.25) is 0 Å². The Balaban J connectivity index is 1.43. The first-order valence-corrected chi connectivity index (χ1v) is 13.1. The fourth-order valence-electron chi connectivity index (χ4n) is 4.23. The lowest BCUT2D eigenvalue weighted by molar-refractivity contribution is -0.129. The van der Waals surface area contributed by atoms with Crippen molar-refractivity contribution < 1.29 is 23.8 Å². The summed E-state index contributed by atoms with van der Waals surface area (Å²) in [5.74, 6) is 1.33. The van der Waals surface area contributed by atoms with Crippen LogP contribution in [0.2, 0.25) is 0 Å².